The number of hydrogen-bond donors (Lipinski definition) is 1. The molecule has 15 heavy (non-hydrogen) atoms. The van der Waals surface area contributed by atoms with Crippen LogP contribution in [0.3, 0.4) is 0 Å². The smallest absolute Gasteiger partial charge is 0.312 e. The number of esters is 1. The lowest BCUT2D eigenvalue weighted by Gasteiger charge is -2.12. The molecule has 0 heterocycles. The normalized spacial score (nSPS) is 23.6. The van der Waals surface area contributed by atoms with Crippen LogP contribution in [-0.4, -0.2) is 17.7 Å². The zero-order valence-corrected chi connectivity index (χ0v) is 8.64. The molecule has 1 aliphatic rings. The van der Waals surface area contributed by atoms with E-state index in [-0.39, 0.29) is 5.97 Å². The summed E-state index contributed by atoms with van der Waals surface area (Å²) in [5.74, 6) is -0.733. The third kappa shape index (κ3) is 1.75. The van der Waals surface area contributed by atoms with Crippen LogP contribution >= 0.6 is 0 Å². The molecule has 3 heteroatoms. The Morgan fingerprint density at radius 3 is 2.93 bits per heavy atom. The van der Waals surface area contributed by atoms with Crippen LogP contribution in [0.4, 0.5) is 0 Å². The van der Waals surface area contributed by atoms with Crippen molar-refractivity contribution in [2.45, 2.75) is 19.4 Å². The number of ether oxygens (including phenoxy) is 1. The number of hydrogen-bond acceptors (Lipinski definition) is 3. The predicted molar refractivity (Wildman–Crippen MR) is 55.2 cm³/mol. The molecule has 0 spiro atoms. The van der Waals surface area contributed by atoms with Crippen molar-refractivity contribution < 1.29 is 14.6 Å². The van der Waals surface area contributed by atoms with Gasteiger partial charge < -0.3 is 9.84 Å². The molecular formula is C12H14O3. The Labute approximate surface area is 88.7 Å². The summed E-state index contributed by atoms with van der Waals surface area (Å²) >= 11 is 0. The van der Waals surface area contributed by atoms with Gasteiger partial charge in [0.25, 0.3) is 0 Å². The highest BCUT2D eigenvalue weighted by Crippen LogP contribution is 2.36. The molecule has 80 valence electrons. The molecule has 1 N–H and O–H groups in total. The summed E-state index contributed by atoms with van der Waals surface area (Å²) in [5.41, 5.74) is 1.90. The molecule has 0 fully saturated rings. The highest BCUT2D eigenvalue weighted by atomic mass is 16.5. The number of carbonyl (C=O) groups is 1. The van der Waals surface area contributed by atoms with Crippen molar-refractivity contribution in [3.05, 3.63) is 35.4 Å². The predicted octanol–water partition coefficient (Wildman–Crippen LogP) is 1.46. The Balaban J connectivity index is 2.19. The lowest BCUT2D eigenvalue weighted by Crippen LogP contribution is -2.21. The van der Waals surface area contributed by atoms with Gasteiger partial charge in [-0.25, -0.2) is 0 Å². The number of aliphatic hydroxyl groups excluding tert-OH is 1. The minimum atomic E-state index is -0.708. The quantitative estimate of drug-likeness (QED) is 0.745. The van der Waals surface area contributed by atoms with E-state index in [9.17, 15) is 9.90 Å². The van der Waals surface area contributed by atoms with Crippen molar-refractivity contribution in [3.63, 3.8) is 0 Å². The highest BCUT2D eigenvalue weighted by Gasteiger charge is 2.36. The Hall–Kier alpha value is -1.35. The standard InChI is InChI=1S/C12H14O3/c1-2-15-12(14)10-7-8-5-3-4-6-9(8)11(10)13/h3-6,10-11,13H,2,7H2,1H3/t10-,11+/m1/s1. The molecule has 0 saturated heterocycles. The molecule has 0 aliphatic heterocycles. The van der Waals surface area contributed by atoms with Gasteiger partial charge in [-0.3, -0.25) is 4.79 Å². The van der Waals surface area contributed by atoms with Gasteiger partial charge in [-0.05, 0) is 24.5 Å². The van der Waals surface area contributed by atoms with Crippen LogP contribution in [0.1, 0.15) is 24.2 Å². The first-order valence-corrected chi connectivity index (χ1v) is 5.16. The molecule has 3 nitrogen and oxygen atoms in total. The van der Waals surface area contributed by atoms with E-state index in [1.807, 2.05) is 24.3 Å². The third-order valence-electron chi connectivity index (χ3n) is 2.78. The summed E-state index contributed by atoms with van der Waals surface area (Å²) in [4.78, 5) is 11.5. The van der Waals surface area contributed by atoms with Gasteiger partial charge in [0.05, 0.1) is 18.6 Å². The monoisotopic (exact) mass is 206 g/mol. The topological polar surface area (TPSA) is 46.5 Å². The number of rotatable bonds is 2. The van der Waals surface area contributed by atoms with E-state index in [0.717, 1.165) is 11.1 Å². The fraction of sp³-hybridized carbons (Fsp3) is 0.417. The summed E-state index contributed by atoms with van der Waals surface area (Å²) in [7, 11) is 0. The molecular weight excluding hydrogens is 192 g/mol. The summed E-state index contributed by atoms with van der Waals surface area (Å²) < 4.78 is 4.93. The lowest BCUT2D eigenvalue weighted by molar-refractivity contribution is -0.151. The number of fused-ring (bicyclic) bond motifs is 1. The third-order valence-corrected chi connectivity index (χ3v) is 2.78. The average molecular weight is 206 g/mol. The van der Waals surface area contributed by atoms with Gasteiger partial charge in [-0.15, -0.1) is 0 Å². The van der Waals surface area contributed by atoms with Crippen LogP contribution < -0.4 is 0 Å². The fourth-order valence-electron chi connectivity index (χ4n) is 2.04. The zero-order chi connectivity index (χ0) is 10.8. The molecule has 0 aromatic heterocycles. The molecule has 0 saturated carbocycles. The minimum absolute atomic E-state index is 0.304. The Bertz CT molecular complexity index is 373. The molecule has 2 atom stereocenters. The molecule has 2 rings (SSSR count). The van der Waals surface area contributed by atoms with E-state index in [1.54, 1.807) is 6.92 Å². The van der Waals surface area contributed by atoms with Crippen LogP contribution in [0, 0.1) is 5.92 Å². The van der Waals surface area contributed by atoms with Crippen molar-refractivity contribution in [2.24, 2.45) is 5.92 Å². The molecule has 0 amide bonds. The Morgan fingerprint density at radius 1 is 1.53 bits per heavy atom. The summed E-state index contributed by atoms with van der Waals surface area (Å²) in [6.45, 7) is 2.13. The number of benzene rings is 1. The summed E-state index contributed by atoms with van der Waals surface area (Å²) in [5, 5.41) is 9.94. The first-order chi connectivity index (χ1) is 7.24. The zero-order valence-electron chi connectivity index (χ0n) is 8.64. The van der Waals surface area contributed by atoms with Gasteiger partial charge in [-0.1, -0.05) is 24.3 Å². The second-order valence-corrected chi connectivity index (χ2v) is 3.71. The molecule has 0 unspecified atom stereocenters. The maximum atomic E-state index is 11.5. The van der Waals surface area contributed by atoms with Crippen LogP contribution in [0.25, 0.3) is 0 Å². The van der Waals surface area contributed by atoms with Gasteiger partial charge in [-0.2, -0.15) is 0 Å². The SMILES string of the molecule is CCOC(=O)[C@@H]1Cc2ccccc2[C@@H]1O. The van der Waals surface area contributed by atoms with Crippen molar-refractivity contribution in [1.82, 2.24) is 0 Å². The maximum Gasteiger partial charge on any atom is 0.312 e. The second-order valence-electron chi connectivity index (χ2n) is 3.71. The van der Waals surface area contributed by atoms with Crippen LogP contribution in [0.5, 0.6) is 0 Å². The molecule has 1 aromatic rings. The van der Waals surface area contributed by atoms with Crippen LogP contribution in [0.15, 0.2) is 24.3 Å². The van der Waals surface area contributed by atoms with Gasteiger partial charge >= 0.3 is 5.97 Å². The largest absolute Gasteiger partial charge is 0.466 e. The Morgan fingerprint density at radius 2 is 2.27 bits per heavy atom. The summed E-state index contributed by atoms with van der Waals surface area (Å²) in [6.07, 6.45) is -0.129. The molecule has 1 aromatic carbocycles. The van der Waals surface area contributed by atoms with Crippen LogP contribution in [-0.2, 0) is 16.0 Å². The van der Waals surface area contributed by atoms with Crippen molar-refractivity contribution in [2.75, 3.05) is 6.61 Å². The van der Waals surface area contributed by atoms with Crippen molar-refractivity contribution in [3.8, 4) is 0 Å². The molecule has 0 radical (unpaired) electrons. The second kappa shape index (κ2) is 4.03. The first-order valence-electron chi connectivity index (χ1n) is 5.16. The van der Waals surface area contributed by atoms with E-state index in [1.165, 1.54) is 0 Å². The lowest BCUT2D eigenvalue weighted by atomic mass is 10.0. The van der Waals surface area contributed by atoms with Gasteiger partial charge in [0.15, 0.2) is 0 Å². The summed E-state index contributed by atoms with van der Waals surface area (Å²) in [6, 6.07) is 7.59. The maximum absolute atomic E-state index is 11.5. The Kier molecular flexibility index (Phi) is 2.73. The minimum Gasteiger partial charge on any atom is -0.466 e. The van der Waals surface area contributed by atoms with E-state index >= 15 is 0 Å². The van der Waals surface area contributed by atoms with Gasteiger partial charge in [0.2, 0.25) is 0 Å². The van der Waals surface area contributed by atoms with Crippen molar-refractivity contribution >= 4 is 5.97 Å². The van der Waals surface area contributed by atoms with Crippen LogP contribution in [0.2, 0.25) is 0 Å². The van der Waals surface area contributed by atoms with Crippen molar-refractivity contribution in [1.29, 1.82) is 0 Å². The van der Waals surface area contributed by atoms with E-state index in [2.05, 4.69) is 0 Å². The average Bonchev–Trinajstić information content (AvgIpc) is 2.57. The van der Waals surface area contributed by atoms with E-state index in [0.29, 0.717) is 13.0 Å². The molecule has 1 aliphatic carbocycles. The first kappa shape index (κ1) is 10.2. The highest BCUT2D eigenvalue weighted by molar-refractivity contribution is 5.75. The molecule has 0 bridgehead atoms. The van der Waals surface area contributed by atoms with Gasteiger partial charge in [0.1, 0.15) is 0 Å². The van der Waals surface area contributed by atoms with E-state index in [4.69, 9.17) is 4.74 Å². The number of aliphatic hydroxyl groups is 1. The fourth-order valence-corrected chi connectivity index (χ4v) is 2.04. The number of carbonyl (C=O) groups excluding carboxylic acids is 1. The van der Waals surface area contributed by atoms with Gasteiger partial charge in [0, 0.05) is 0 Å². The van der Waals surface area contributed by atoms with E-state index < -0.39 is 12.0 Å².